The van der Waals surface area contributed by atoms with Crippen LogP contribution < -0.4 is 0 Å². The Hall–Kier alpha value is 0.140. The SMILES string of the molecule is CCSCC.F.F.F. The molecule has 0 unspecified atom stereocenters. The minimum Gasteiger partial charge on any atom is -0.269 e. The van der Waals surface area contributed by atoms with Gasteiger partial charge in [-0.05, 0) is 11.5 Å². The summed E-state index contributed by atoms with van der Waals surface area (Å²) in [4.78, 5) is 0. The summed E-state index contributed by atoms with van der Waals surface area (Å²) in [6.07, 6.45) is 0. The second kappa shape index (κ2) is 27.3. The monoisotopic (exact) mass is 150 g/mol. The minimum atomic E-state index is 0. The van der Waals surface area contributed by atoms with Gasteiger partial charge in [0.25, 0.3) is 0 Å². The summed E-state index contributed by atoms with van der Waals surface area (Å²) in [7, 11) is 0. The quantitative estimate of drug-likeness (QED) is 0.581. The highest BCUT2D eigenvalue weighted by molar-refractivity contribution is 7.99. The number of rotatable bonds is 2. The summed E-state index contributed by atoms with van der Waals surface area (Å²) in [5, 5.41) is 0. The molecule has 0 nitrogen and oxygen atoms in total. The first-order valence-corrected chi connectivity index (χ1v) is 3.15. The van der Waals surface area contributed by atoms with Gasteiger partial charge >= 0.3 is 0 Å². The van der Waals surface area contributed by atoms with Crippen LogP contribution in [0.4, 0.5) is 14.1 Å². The first-order chi connectivity index (χ1) is 2.41. The summed E-state index contributed by atoms with van der Waals surface area (Å²) < 4.78 is 0. The van der Waals surface area contributed by atoms with Gasteiger partial charge in [-0.25, -0.2) is 0 Å². The van der Waals surface area contributed by atoms with Crippen molar-refractivity contribution < 1.29 is 14.1 Å². The Morgan fingerprint density at radius 2 is 1.12 bits per heavy atom. The fourth-order valence-electron chi connectivity index (χ4n) is 0.204. The second-order valence-electron chi connectivity index (χ2n) is 0.781. The molecule has 0 atom stereocenters. The molecule has 0 radical (unpaired) electrons. The molecule has 0 aliphatic heterocycles. The van der Waals surface area contributed by atoms with Crippen LogP contribution in [-0.4, -0.2) is 11.5 Å². The summed E-state index contributed by atoms with van der Waals surface area (Å²) in [5.74, 6) is 2.52. The predicted octanol–water partition coefficient (Wildman–Crippen LogP) is 2.22. The van der Waals surface area contributed by atoms with Gasteiger partial charge in [0, 0.05) is 0 Å². The Morgan fingerprint density at radius 3 is 1.12 bits per heavy atom. The Bertz CT molecular complexity index is 18.8. The Kier molecular flexibility index (Phi) is 82.6. The molecule has 0 fully saturated rings. The van der Waals surface area contributed by atoms with E-state index in [1.165, 1.54) is 11.5 Å². The summed E-state index contributed by atoms with van der Waals surface area (Å²) >= 11 is 1.96. The maximum atomic E-state index is 2.17. The molecule has 0 N–H and O–H groups in total. The first-order valence-electron chi connectivity index (χ1n) is 1.99. The fourth-order valence-corrected chi connectivity index (χ4v) is 0.612. The molecule has 0 saturated carbocycles. The topological polar surface area (TPSA) is 0 Å². The minimum absolute atomic E-state index is 0. The van der Waals surface area contributed by atoms with Crippen molar-refractivity contribution in [2.75, 3.05) is 11.5 Å². The third-order valence-electron chi connectivity index (χ3n) is 0.408. The van der Waals surface area contributed by atoms with Crippen LogP contribution in [0.5, 0.6) is 0 Å². The van der Waals surface area contributed by atoms with Gasteiger partial charge in [-0.1, -0.05) is 13.8 Å². The van der Waals surface area contributed by atoms with Crippen molar-refractivity contribution in [3.8, 4) is 0 Å². The van der Waals surface area contributed by atoms with E-state index in [1.807, 2.05) is 11.8 Å². The summed E-state index contributed by atoms with van der Waals surface area (Å²) in [5.41, 5.74) is 0. The molecule has 0 rings (SSSR count). The average Bonchev–Trinajstić information content (AvgIpc) is 1.41. The lowest BCUT2D eigenvalue weighted by Crippen LogP contribution is -1.64. The van der Waals surface area contributed by atoms with E-state index in [0.717, 1.165) is 0 Å². The normalized spacial score (nSPS) is 5.25. The van der Waals surface area contributed by atoms with Crippen molar-refractivity contribution in [3.05, 3.63) is 0 Å². The Balaban J connectivity index is -0.0000000267. The van der Waals surface area contributed by atoms with Gasteiger partial charge in [-0.3, -0.25) is 14.1 Å². The molecule has 0 aromatic heterocycles. The van der Waals surface area contributed by atoms with Crippen molar-refractivity contribution in [2.24, 2.45) is 0 Å². The number of hydrogen-bond donors (Lipinski definition) is 0. The average molecular weight is 150 g/mol. The fraction of sp³-hybridized carbons (Fsp3) is 1.00. The van der Waals surface area contributed by atoms with Gasteiger partial charge in [0.2, 0.25) is 0 Å². The Labute approximate surface area is 52.1 Å². The molecular formula is C4H13F3S. The van der Waals surface area contributed by atoms with Gasteiger partial charge in [0.1, 0.15) is 0 Å². The Morgan fingerprint density at radius 1 is 0.875 bits per heavy atom. The van der Waals surface area contributed by atoms with Crippen LogP contribution in [0.2, 0.25) is 0 Å². The smallest absolute Gasteiger partial charge is 0.00961 e. The van der Waals surface area contributed by atoms with E-state index in [1.54, 1.807) is 0 Å². The number of thioether (sulfide) groups is 1. The van der Waals surface area contributed by atoms with E-state index >= 15 is 0 Å². The maximum Gasteiger partial charge on any atom is -0.00961 e. The van der Waals surface area contributed by atoms with Gasteiger partial charge < -0.3 is 0 Å². The van der Waals surface area contributed by atoms with E-state index in [9.17, 15) is 0 Å². The van der Waals surface area contributed by atoms with Crippen LogP contribution in [0.15, 0.2) is 0 Å². The summed E-state index contributed by atoms with van der Waals surface area (Å²) in [6, 6.07) is 0. The zero-order valence-corrected chi connectivity index (χ0v) is 5.86. The standard InChI is InChI=1S/C4H10S.3FH/c1-3-5-4-2;;;/h3-4H2,1-2H3;3*1H. The third kappa shape index (κ3) is 35.4. The molecule has 0 aliphatic rings. The lowest BCUT2D eigenvalue weighted by atomic mass is 11.0. The highest BCUT2D eigenvalue weighted by Gasteiger charge is 1.67. The van der Waals surface area contributed by atoms with Gasteiger partial charge in [0.15, 0.2) is 0 Å². The van der Waals surface area contributed by atoms with Crippen LogP contribution >= 0.6 is 11.8 Å². The molecule has 0 aliphatic carbocycles. The lowest BCUT2D eigenvalue weighted by Gasteiger charge is -1.80. The van der Waals surface area contributed by atoms with E-state index in [4.69, 9.17) is 0 Å². The second-order valence-corrected chi connectivity index (χ2v) is 2.34. The third-order valence-corrected chi connectivity index (χ3v) is 1.22. The van der Waals surface area contributed by atoms with Crippen LogP contribution in [0.3, 0.4) is 0 Å². The van der Waals surface area contributed by atoms with Gasteiger partial charge in [-0.2, -0.15) is 11.8 Å². The van der Waals surface area contributed by atoms with Crippen LogP contribution in [0.25, 0.3) is 0 Å². The molecule has 0 saturated heterocycles. The zero-order valence-electron chi connectivity index (χ0n) is 5.05. The van der Waals surface area contributed by atoms with E-state index in [0.29, 0.717) is 0 Å². The van der Waals surface area contributed by atoms with Crippen molar-refractivity contribution in [1.29, 1.82) is 0 Å². The van der Waals surface area contributed by atoms with Crippen molar-refractivity contribution in [1.82, 2.24) is 0 Å². The molecule has 0 aromatic rings. The largest absolute Gasteiger partial charge is 0.269 e. The highest BCUT2D eigenvalue weighted by atomic mass is 32.2. The molecule has 0 spiro atoms. The summed E-state index contributed by atoms with van der Waals surface area (Å²) in [6.45, 7) is 4.35. The molecule has 8 heavy (non-hydrogen) atoms. The molecular weight excluding hydrogens is 137 g/mol. The van der Waals surface area contributed by atoms with Gasteiger partial charge in [-0.15, -0.1) is 0 Å². The molecule has 0 bridgehead atoms. The first kappa shape index (κ1) is 24.2. The van der Waals surface area contributed by atoms with Crippen molar-refractivity contribution in [2.45, 2.75) is 13.8 Å². The predicted molar refractivity (Wildman–Crippen MR) is 36.2 cm³/mol. The van der Waals surface area contributed by atoms with Crippen LogP contribution in [0, 0.1) is 0 Å². The molecule has 0 aromatic carbocycles. The van der Waals surface area contributed by atoms with Crippen LogP contribution in [-0.2, 0) is 0 Å². The lowest BCUT2D eigenvalue weighted by molar-refractivity contribution is 1.11. The zero-order chi connectivity index (χ0) is 4.12. The van der Waals surface area contributed by atoms with E-state index in [-0.39, 0.29) is 14.1 Å². The molecule has 0 heterocycles. The van der Waals surface area contributed by atoms with Crippen molar-refractivity contribution >= 4 is 11.8 Å². The highest BCUT2D eigenvalue weighted by Crippen LogP contribution is 1.93. The van der Waals surface area contributed by atoms with Crippen molar-refractivity contribution in [3.63, 3.8) is 0 Å². The molecule has 56 valence electrons. The van der Waals surface area contributed by atoms with Gasteiger partial charge in [0.05, 0.1) is 0 Å². The van der Waals surface area contributed by atoms with E-state index in [2.05, 4.69) is 13.8 Å². The van der Waals surface area contributed by atoms with Crippen LogP contribution in [0.1, 0.15) is 13.8 Å². The number of halogens is 3. The maximum absolute atomic E-state index is 2.17. The molecule has 4 heteroatoms. The molecule has 0 amide bonds. The number of hydrogen-bond acceptors (Lipinski definition) is 1. The van der Waals surface area contributed by atoms with E-state index < -0.39 is 0 Å².